The molecule has 2 heteroatoms. The van der Waals surface area contributed by atoms with E-state index in [-0.39, 0.29) is 0 Å². The van der Waals surface area contributed by atoms with Gasteiger partial charge in [-0.05, 0) is 146 Å². The highest BCUT2D eigenvalue weighted by atomic mass is 15.2. The lowest BCUT2D eigenvalue weighted by atomic mass is 9.84. The zero-order chi connectivity index (χ0) is 42.7. The molecule has 0 heterocycles. The van der Waals surface area contributed by atoms with E-state index in [1.165, 1.54) is 163 Å². The van der Waals surface area contributed by atoms with Crippen molar-refractivity contribution in [3.05, 3.63) is 191 Å². The van der Waals surface area contributed by atoms with Crippen molar-refractivity contribution in [1.82, 2.24) is 0 Å². The molecule has 0 bridgehead atoms. The van der Waals surface area contributed by atoms with E-state index in [4.69, 9.17) is 0 Å². The number of nitrogens with zero attached hydrogens (tertiary/aromatic N) is 2. The van der Waals surface area contributed by atoms with Crippen molar-refractivity contribution in [2.75, 3.05) is 9.80 Å². The Balaban J connectivity index is 1.14. The third kappa shape index (κ3) is 6.70. The molecular formula is C62H54N2. The van der Waals surface area contributed by atoms with Gasteiger partial charge in [0, 0.05) is 55.1 Å². The molecule has 2 aliphatic carbocycles. The highest BCUT2D eigenvalue weighted by molar-refractivity contribution is 6.43. The first kappa shape index (κ1) is 38.7. The molecule has 10 aromatic carbocycles. The zero-order valence-corrected chi connectivity index (χ0v) is 37.1. The second kappa shape index (κ2) is 16.0. The van der Waals surface area contributed by atoms with Crippen molar-refractivity contribution in [3.63, 3.8) is 0 Å². The first-order valence-electron chi connectivity index (χ1n) is 23.8. The molecule has 0 unspecified atom stereocenters. The van der Waals surface area contributed by atoms with Crippen LogP contribution in [0.5, 0.6) is 0 Å². The number of aryl methyl sites for hydroxylation is 2. The maximum Gasteiger partial charge on any atom is 0.0619 e. The molecule has 312 valence electrons. The first-order valence-corrected chi connectivity index (χ1v) is 23.8. The molecule has 0 atom stereocenters. The summed E-state index contributed by atoms with van der Waals surface area (Å²) in [4.78, 5) is 5.06. The van der Waals surface area contributed by atoms with Gasteiger partial charge in [0.25, 0.3) is 0 Å². The molecular weight excluding hydrogens is 773 g/mol. The van der Waals surface area contributed by atoms with Crippen LogP contribution >= 0.6 is 0 Å². The Morgan fingerprint density at radius 1 is 0.328 bits per heavy atom. The zero-order valence-electron chi connectivity index (χ0n) is 37.1. The summed E-state index contributed by atoms with van der Waals surface area (Å²) in [6.07, 6.45) is 17.7. The molecule has 2 nitrogen and oxygen atoms in total. The van der Waals surface area contributed by atoms with Gasteiger partial charge < -0.3 is 9.80 Å². The van der Waals surface area contributed by atoms with Crippen LogP contribution in [0.25, 0.3) is 66.0 Å². The van der Waals surface area contributed by atoms with Crippen LogP contribution in [0.2, 0.25) is 0 Å². The van der Waals surface area contributed by atoms with Crippen LogP contribution in [0.1, 0.15) is 86.5 Å². The van der Waals surface area contributed by atoms with Gasteiger partial charge in [0.05, 0.1) is 11.4 Å². The molecule has 0 saturated heterocycles. The fourth-order valence-corrected chi connectivity index (χ4v) is 11.3. The molecule has 2 saturated carbocycles. The second-order valence-corrected chi connectivity index (χ2v) is 18.7. The molecule has 0 aliphatic heterocycles. The van der Waals surface area contributed by atoms with Crippen molar-refractivity contribution in [2.45, 2.75) is 78.1 Å². The third-order valence-corrected chi connectivity index (χ3v) is 14.4. The van der Waals surface area contributed by atoms with E-state index in [1.54, 1.807) is 11.1 Å². The van der Waals surface area contributed by atoms with Crippen LogP contribution in [0.3, 0.4) is 0 Å². The molecule has 2 aliphatic rings. The van der Waals surface area contributed by atoms with Gasteiger partial charge in [-0.25, -0.2) is 0 Å². The van der Waals surface area contributed by atoms with Gasteiger partial charge >= 0.3 is 0 Å². The standard InChI is InChI=1S/C62H54N2/c1-41-19-29-49(30-20-41)63(50-31-21-42(2)22-32-50)61-53-17-9-15-47-28-38-56-60(57(47)53)59-55(61)37-27-48-16-10-18-54(58(48)59)62(56)64(51-33-23-45(24-34-51)39-43-11-5-3-6-12-43)52-35-25-46(26-36-52)40-44-13-7-4-8-14-44/h9-10,15-40H,3-8,11-14H2,1-2H3. The van der Waals surface area contributed by atoms with Crippen molar-refractivity contribution < 1.29 is 0 Å². The highest BCUT2D eigenvalue weighted by Gasteiger charge is 2.28. The summed E-state index contributed by atoms with van der Waals surface area (Å²) in [5, 5.41) is 12.9. The van der Waals surface area contributed by atoms with Crippen LogP contribution in [0, 0.1) is 13.8 Å². The maximum absolute atomic E-state index is 2.56. The number of hydrogen-bond acceptors (Lipinski definition) is 2. The number of rotatable bonds is 8. The molecule has 64 heavy (non-hydrogen) atoms. The number of allylic oxidation sites excluding steroid dienone is 2. The molecule has 2 fully saturated rings. The minimum atomic E-state index is 1.15. The fourth-order valence-electron chi connectivity index (χ4n) is 11.3. The minimum Gasteiger partial charge on any atom is -0.309 e. The van der Waals surface area contributed by atoms with E-state index in [2.05, 4.69) is 194 Å². The Hall–Kier alpha value is -6.90. The molecule has 10 aromatic rings. The Labute approximate surface area is 377 Å². The van der Waals surface area contributed by atoms with Gasteiger partial charge in [-0.1, -0.05) is 156 Å². The van der Waals surface area contributed by atoms with Crippen LogP contribution in [0.4, 0.5) is 34.1 Å². The van der Waals surface area contributed by atoms with E-state index < -0.39 is 0 Å². The highest BCUT2D eigenvalue weighted by Crippen LogP contribution is 2.55. The monoisotopic (exact) mass is 826 g/mol. The Bertz CT molecular complexity index is 3240. The lowest BCUT2D eigenvalue weighted by Gasteiger charge is -2.33. The number of benzene rings is 10. The Morgan fingerprint density at radius 3 is 1.05 bits per heavy atom. The van der Waals surface area contributed by atoms with E-state index >= 15 is 0 Å². The predicted octanol–water partition coefficient (Wildman–Crippen LogP) is 18.6. The van der Waals surface area contributed by atoms with Gasteiger partial charge in [-0.15, -0.1) is 0 Å². The molecule has 0 aromatic heterocycles. The van der Waals surface area contributed by atoms with Crippen molar-refractivity contribution in [2.24, 2.45) is 0 Å². The number of hydrogen-bond donors (Lipinski definition) is 0. The Kier molecular flexibility index (Phi) is 9.70. The molecule has 0 amide bonds. The summed E-state index contributed by atoms with van der Waals surface area (Å²) in [5.41, 5.74) is 15.4. The van der Waals surface area contributed by atoms with Gasteiger partial charge in [0.1, 0.15) is 0 Å². The lowest BCUT2D eigenvalue weighted by molar-refractivity contribution is 0.602. The van der Waals surface area contributed by atoms with Crippen LogP contribution in [0.15, 0.2) is 169 Å². The summed E-state index contributed by atoms with van der Waals surface area (Å²) in [7, 11) is 0. The number of anilines is 6. The van der Waals surface area contributed by atoms with Gasteiger partial charge in [-0.2, -0.15) is 0 Å². The van der Waals surface area contributed by atoms with Crippen LogP contribution in [-0.4, -0.2) is 0 Å². The van der Waals surface area contributed by atoms with Crippen LogP contribution < -0.4 is 9.80 Å². The largest absolute Gasteiger partial charge is 0.309 e. The minimum absolute atomic E-state index is 1.15. The summed E-state index contributed by atoms with van der Waals surface area (Å²) < 4.78 is 0. The topological polar surface area (TPSA) is 6.48 Å². The first-order chi connectivity index (χ1) is 31.6. The van der Waals surface area contributed by atoms with E-state index in [1.807, 2.05) is 0 Å². The second-order valence-electron chi connectivity index (χ2n) is 18.7. The van der Waals surface area contributed by atoms with Gasteiger partial charge in [0.2, 0.25) is 0 Å². The Morgan fingerprint density at radius 2 is 0.672 bits per heavy atom. The average molecular weight is 827 g/mol. The van der Waals surface area contributed by atoms with E-state index in [9.17, 15) is 0 Å². The summed E-state index contributed by atoms with van der Waals surface area (Å²) >= 11 is 0. The van der Waals surface area contributed by atoms with E-state index in [0.717, 1.165) is 11.4 Å². The molecule has 0 N–H and O–H groups in total. The SMILES string of the molecule is Cc1ccc(N(c2ccc(C)cc2)c2c3cccc4ccc5c(N(c6ccc(C=C7CCCCC7)cc6)c6ccc(C=C7CCCCC7)cc6)c6cccc7ccc2c(c76)c5c43)cc1. The van der Waals surface area contributed by atoms with Crippen LogP contribution in [-0.2, 0) is 0 Å². The average Bonchev–Trinajstić information content (AvgIpc) is 3.34. The maximum atomic E-state index is 2.56. The third-order valence-electron chi connectivity index (χ3n) is 14.4. The van der Waals surface area contributed by atoms with Gasteiger partial charge in [0.15, 0.2) is 0 Å². The summed E-state index contributed by atoms with van der Waals surface area (Å²) in [6, 6.07) is 60.3. The summed E-state index contributed by atoms with van der Waals surface area (Å²) in [5.74, 6) is 0. The fraction of sp³-hybridized carbons (Fsp3) is 0.194. The summed E-state index contributed by atoms with van der Waals surface area (Å²) in [6.45, 7) is 4.34. The normalized spacial score (nSPS) is 14.7. The molecule has 12 rings (SSSR count). The van der Waals surface area contributed by atoms with Crippen molar-refractivity contribution in [1.29, 1.82) is 0 Å². The lowest BCUT2D eigenvalue weighted by Crippen LogP contribution is -2.13. The smallest absolute Gasteiger partial charge is 0.0619 e. The van der Waals surface area contributed by atoms with Gasteiger partial charge in [-0.3, -0.25) is 0 Å². The predicted molar refractivity (Wildman–Crippen MR) is 277 cm³/mol. The van der Waals surface area contributed by atoms with Crippen molar-refractivity contribution in [3.8, 4) is 0 Å². The van der Waals surface area contributed by atoms with E-state index in [0.29, 0.717) is 0 Å². The molecule has 0 radical (unpaired) electrons. The quantitative estimate of drug-likeness (QED) is 0.111. The van der Waals surface area contributed by atoms with Crippen molar-refractivity contribution >= 4 is 100 Å². The molecule has 0 spiro atoms.